The molecule has 1 amide bonds. The Bertz CT molecular complexity index is 1180. The first-order valence-corrected chi connectivity index (χ1v) is 11.0. The van der Waals surface area contributed by atoms with Crippen molar-refractivity contribution < 1.29 is 14.3 Å². The van der Waals surface area contributed by atoms with E-state index in [1.807, 2.05) is 73.3 Å². The number of carbonyl (C=O) groups excluding carboxylic acids is 1. The molecule has 0 radical (unpaired) electrons. The van der Waals surface area contributed by atoms with E-state index in [2.05, 4.69) is 5.32 Å². The highest BCUT2D eigenvalue weighted by molar-refractivity contribution is 7.07. The second-order valence-electron chi connectivity index (χ2n) is 7.23. The molecule has 1 aliphatic rings. The van der Waals surface area contributed by atoms with E-state index in [0.717, 1.165) is 27.4 Å². The Morgan fingerprint density at radius 3 is 2.81 bits per heavy atom. The summed E-state index contributed by atoms with van der Waals surface area (Å²) >= 11 is 1.53. The number of fused-ring (bicyclic) bond motifs is 1. The molecule has 8 heteroatoms. The SMILES string of the molecule is CCOc1ccc(C=Nn2c(-c3ccc4c(c3)NC(=O)CO4)csc2=NC(C)C)cc1. The molecule has 2 heterocycles. The average molecular weight is 437 g/mol. The zero-order valence-electron chi connectivity index (χ0n) is 17.7. The van der Waals surface area contributed by atoms with Gasteiger partial charge in [-0.15, -0.1) is 11.3 Å². The number of aromatic nitrogens is 1. The molecule has 0 unspecified atom stereocenters. The van der Waals surface area contributed by atoms with Crippen LogP contribution < -0.4 is 19.6 Å². The molecule has 0 bridgehead atoms. The molecule has 2 aromatic carbocycles. The van der Waals surface area contributed by atoms with Crippen LogP contribution in [0.4, 0.5) is 5.69 Å². The number of amides is 1. The van der Waals surface area contributed by atoms with Gasteiger partial charge in [-0.05, 0) is 68.8 Å². The molecule has 7 nitrogen and oxygen atoms in total. The summed E-state index contributed by atoms with van der Waals surface area (Å²) < 4.78 is 12.8. The number of hydrogen-bond donors (Lipinski definition) is 1. The van der Waals surface area contributed by atoms with Crippen molar-refractivity contribution in [2.75, 3.05) is 18.5 Å². The normalized spacial score (nSPS) is 13.9. The smallest absolute Gasteiger partial charge is 0.262 e. The minimum absolute atomic E-state index is 0.0363. The van der Waals surface area contributed by atoms with Gasteiger partial charge in [0.2, 0.25) is 4.80 Å². The summed E-state index contributed by atoms with van der Waals surface area (Å²) in [5, 5.41) is 9.59. The van der Waals surface area contributed by atoms with Gasteiger partial charge in [0.05, 0.1) is 24.2 Å². The highest BCUT2D eigenvalue weighted by atomic mass is 32.1. The summed E-state index contributed by atoms with van der Waals surface area (Å²) in [6.45, 7) is 6.70. The number of carbonyl (C=O) groups is 1. The maximum Gasteiger partial charge on any atom is 0.262 e. The first kappa shape index (κ1) is 20.9. The summed E-state index contributed by atoms with van der Waals surface area (Å²) in [5.41, 5.74) is 3.41. The number of nitrogens with one attached hydrogen (secondary N) is 1. The summed E-state index contributed by atoms with van der Waals surface area (Å²) in [7, 11) is 0. The fraction of sp³-hybridized carbons (Fsp3) is 0.261. The van der Waals surface area contributed by atoms with Crippen molar-refractivity contribution in [3.05, 3.63) is 58.2 Å². The molecule has 31 heavy (non-hydrogen) atoms. The Morgan fingerprint density at radius 2 is 2.06 bits per heavy atom. The monoisotopic (exact) mass is 436 g/mol. The van der Waals surface area contributed by atoms with Gasteiger partial charge >= 0.3 is 0 Å². The fourth-order valence-electron chi connectivity index (χ4n) is 3.10. The Morgan fingerprint density at radius 1 is 1.26 bits per heavy atom. The van der Waals surface area contributed by atoms with Crippen LogP contribution in [0.25, 0.3) is 11.3 Å². The number of hydrogen-bond acceptors (Lipinski definition) is 6. The third kappa shape index (κ3) is 4.86. The molecular formula is C23H24N4O3S. The quantitative estimate of drug-likeness (QED) is 0.590. The molecule has 0 saturated carbocycles. The van der Waals surface area contributed by atoms with Gasteiger partial charge in [-0.2, -0.15) is 5.10 Å². The van der Waals surface area contributed by atoms with Crippen molar-refractivity contribution in [3.63, 3.8) is 0 Å². The summed E-state index contributed by atoms with van der Waals surface area (Å²) in [4.78, 5) is 17.2. The number of anilines is 1. The summed E-state index contributed by atoms with van der Waals surface area (Å²) in [6, 6.07) is 13.6. The molecule has 1 aliphatic heterocycles. The molecule has 0 saturated heterocycles. The zero-order chi connectivity index (χ0) is 21.8. The molecule has 0 spiro atoms. The molecule has 0 fully saturated rings. The van der Waals surface area contributed by atoms with E-state index < -0.39 is 0 Å². The zero-order valence-corrected chi connectivity index (χ0v) is 18.5. The lowest BCUT2D eigenvalue weighted by atomic mass is 10.1. The number of thiazole rings is 1. The molecule has 3 aromatic rings. The van der Waals surface area contributed by atoms with Gasteiger partial charge in [0.15, 0.2) is 6.61 Å². The van der Waals surface area contributed by atoms with Crippen LogP contribution in [0.5, 0.6) is 11.5 Å². The van der Waals surface area contributed by atoms with E-state index in [1.165, 1.54) is 11.3 Å². The molecule has 1 aromatic heterocycles. The van der Waals surface area contributed by atoms with E-state index in [9.17, 15) is 4.79 Å². The van der Waals surface area contributed by atoms with Gasteiger partial charge in [-0.25, -0.2) is 4.68 Å². The highest BCUT2D eigenvalue weighted by Gasteiger charge is 2.17. The molecule has 0 atom stereocenters. The Hall–Kier alpha value is -3.39. The summed E-state index contributed by atoms with van der Waals surface area (Å²) in [5.74, 6) is 1.33. The van der Waals surface area contributed by atoms with Gasteiger partial charge in [0.25, 0.3) is 5.91 Å². The number of ether oxygens (including phenoxy) is 2. The lowest BCUT2D eigenvalue weighted by molar-refractivity contribution is -0.118. The van der Waals surface area contributed by atoms with Crippen LogP contribution >= 0.6 is 11.3 Å². The minimum Gasteiger partial charge on any atom is -0.494 e. The van der Waals surface area contributed by atoms with Crippen molar-refractivity contribution >= 4 is 29.1 Å². The van der Waals surface area contributed by atoms with Crippen LogP contribution in [-0.4, -0.2) is 36.1 Å². The van der Waals surface area contributed by atoms with Crippen molar-refractivity contribution in [3.8, 4) is 22.8 Å². The van der Waals surface area contributed by atoms with Gasteiger partial charge in [0, 0.05) is 17.0 Å². The highest BCUT2D eigenvalue weighted by Crippen LogP contribution is 2.32. The van der Waals surface area contributed by atoms with Gasteiger partial charge in [0.1, 0.15) is 11.5 Å². The van der Waals surface area contributed by atoms with Crippen LogP contribution in [0.1, 0.15) is 26.3 Å². The first-order valence-electron chi connectivity index (χ1n) is 10.1. The molecular weight excluding hydrogens is 412 g/mol. The van der Waals surface area contributed by atoms with Crippen LogP contribution in [0, 0.1) is 0 Å². The van der Waals surface area contributed by atoms with Crippen molar-refractivity contribution in [1.29, 1.82) is 0 Å². The average Bonchev–Trinajstić information content (AvgIpc) is 3.14. The van der Waals surface area contributed by atoms with E-state index in [4.69, 9.17) is 19.6 Å². The lowest BCUT2D eigenvalue weighted by Gasteiger charge is -2.18. The topological polar surface area (TPSA) is 77.2 Å². The molecule has 0 aliphatic carbocycles. The standard InChI is InChI=1S/C23H24N4O3S/c1-4-29-18-8-5-16(6-9-18)12-24-27-20(14-31-23(27)25-15(2)3)17-7-10-21-19(11-17)26-22(28)13-30-21/h5-12,14-15H,4,13H2,1-3H3,(H,26,28). The maximum absolute atomic E-state index is 11.7. The summed E-state index contributed by atoms with van der Waals surface area (Å²) in [6.07, 6.45) is 1.80. The second-order valence-corrected chi connectivity index (χ2v) is 8.07. The van der Waals surface area contributed by atoms with Gasteiger partial charge < -0.3 is 14.8 Å². The number of rotatable bonds is 6. The third-order valence-electron chi connectivity index (χ3n) is 4.48. The van der Waals surface area contributed by atoms with Crippen LogP contribution in [0.2, 0.25) is 0 Å². The second kappa shape index (κ2) is 9.18. The van der Waals surface area contributed by atoms with E-state index in [1.54, 1.807) is 6.21 Å². The Labute approximate surface area is 184 Å². The van der Waals surface area contributed by atoms with Crippen LogP contribution in [0.3, 0.4) is 0 Å². The van der Waals surface area contributed by atoms with E-state index >= 15 is 0 Å². The predicted octanol–water partition coefficient (Wildman–Crippen LogP) is 4.14. The number of benzene rings is 2. The fourth-order valence-corrected chi connectivity index (χ4v) is 4.07. The first-order chi connectivity index (χ1) is 15.0. The largest absolute Gasteiger partial charge is 0.494 e. The van der Waals surface area contributed by atoms with Crippen LogP contribution in [-0.2, 0) is 4.79 Å². The Kier molecular flexibility index (Phi) is 6.18. The molecule has 4 rings (SSSR count). The predicted molar refractivity (Wildman–Crippen MR) is 123 cm³/mol. The van der Waals surface area contributed by atoms with Gasteiger partial charge in [-0.1, -0.05) is 0 Å². The maximum atomic E-state index is 11.7. The van der Waals surface area contributed by atoms with E-state index in [-0.39, 0.29) is 18.6 Å². The van der Waals surface area contributed by atoms with Crippen molar-refractivity contribution in [2.45, 2.75) is 26.8 Å². The molecule has 1 N–H and O–H groups in total. The number of nitrogens with zero attached hydrogens (tertiary/aromatic N) is 3. The molecule has 160 valence electrons. The Balaban J connectivity index is 1.72. The van der Waals surface area contributed by atoms with Gasteiger partial charge in [-0.3, -0.25) is 9.79 Å². The minimum atomic E-state index is -0.160. The van der Waals surface area contributed by atoms with E-state index in [0.29, 0.717) is 18.0 Å². The van der Waals surface area contributed by atoms with Crippen molar-refractivity contribution in [1.82, 2.24) is 4.68 Å². The van der Waals surface area contributed by atoms with Crippen LogP contribution in [0.15, 0.2) is 57.9 Å². The third-order valence-corrected chi connectivity index (χ3v) is 5.31. The van der Waals surface area contributed by atoms with Crippen molar-refractivity contribution in [2.24, 2.45) is 10.1 Å². The lowest BCUT2D eigenvalue weighted by Crippen LogP contribution is -2.25.